The molecular formula is C11H24N2O. The number of hydrogen-bond acceptors (Lipinski definition) is 3. The topological polar surface area (TPSA) is 24.5 Å². The highest BCUT2D eigenvalue weighted by Gasteiger charge is 2.20. The first-order valence-electron chi connectivity index (χ1n) is 5.68. The minimum atomic E-state index is 0.473. The summed E-state index contributed by atoms with van der Waals surface area (Å²) in [5.41, 5.74) is 0. The highest BCUT2D eigenvalue weighted by atomic mass is 16.5. The summed E-state index contributed by atoms with van der Waals surface area (Å²) in [6.45, 7) is 5.51. The predicted octanol–water partition coefficient (Wildman–Crippen LogP) is 1.10. The number of hydrogen-bond donors (Lipinski definition) is 1. The van der Waals surface area contributed by atoms with Crippen molar-refractivity contribution in [1.82, 2.24) is 10.2 Å². The molecule has 0 amide bonds. The van der Waals surface area contributed by atoms with Crippen LogP contribution in [-0.4, -0.2) is 50.8 Å². The molecule has 1 aliphatic heterocycles. The predicted molar refractivity (Wildman–Crippen MR) is 59.6 cm³/mol. The van der Waals surface area contributed by atoms with Crippen molar-refractivity contribution >= 4 is 0 Å². The molecular weight excluding hydrogens is 176 g/mol. The van der Waals surface area contributed by atoms with Crippen LogP contribution in [0.1, 0.15) is 26.2 Å². The summed E-state index contributed by atoms with van der Waals surface area (Å²) in [7, 11) is 3.78. The first-order valence-corrected chi connectivity index (χ1v) is 5.68. The second-order valence-electron chi connectivity index (χ2n) is 4.28. The third kappa shape index (κ3) is 3.56. The first kappa shape index (κ1) is 12.0. The molecule has 0 aromatic rings. The van der Waals surface area contributed by atoms with Crippen LogP contribution in [0.25, 0.3) is 0 Å². The molecule has 0 spiro atoms. The molecule has 0 saturated carbocycles. The molecule has 0 aliphatic carbocycles. The summed E-state index contributed by atoms with van der Waals surface area (Å²) in [5.74, 6) is 0. The van der Waals surface area contributed by atoms with E-state index in [1.807, 2.05) is 7.05 Å². The van der Waals surface area contributed by atoms with Gasteiger partial charge in [0.25, 0.3) is 0 Å². The van der Waals surface area contributed by atoms with E-state index in [-0.39, 0.29) is 0 Å². The summed E-state index contributed by atoms with van der Waals surface area (Å²) in [4.78, 5) is 2.57. The molecule has 1 rings (SSSR count). The SMILES string of the molecule is CNC(COC)CN1CCCCC1C. The second kappa shape index (κ2) is 6.38. The van der Waals surface area contributed by atoms with Crippen molar-refractivity contribution in [1.29, 1.82) is 0 Å². The van der Waals surface area contributed by atoms with Crippen molar-refractivity contribution in [2.45, 2.75) is 38.3 Å². The van der Waals surface area contributed by atoms with Crippen LogP contribution in [0.5, 0.6) is 0 Å². The fourth-order valence-electron chi connectivity index (χ4n) is 2.14. The molecule has 0 aromatic carbocycles. The summed E-state index contributed by atoms with van der Waals surface area (Å²) < 4.78 is 5.18. The number of likely N-dealkylation sites (tertiary alicyclic amines) is 1. The molecule has 1 N–H and O–H groups in total. The highest BCUT2D eigenvalue weighted by Crippen LogP contribution is 2.16. The largest absolute Gasteiger partial charge is 0.383 e. The number of methoxy groups -OCH3 is 1. The van der Waals surface area contributed by atoms with E-state index in [0.29, 0.717) is 6.04 Å². The minimum Gasteiger partial charge on any atom is -0.383 e. The van der Waals surface area contributed by atoms with Gasteiger partial charge in [0, 0.05) is 25.7 Å². The Kier molecular flexibility index (Phi) is 5.45. The van der Waals surface area contributed by atoms with Gasteiger partial charge < -0.3 is 10.1 Å². The molecule has 2 atom stereocenters. The molecule has 0 bridgehead atoms. The van der Waals surface area contributed by atoms with Crippen LogP contribution in [0, 0.1) is 0 Å². The quantitative estimate of drug-likeness (QED) is 0.719. The lowest BCUT2D eigenvalue weighted by Crippen LogP contribution is -2.47. The molecule has 1 fully saturated rings. The van der Waals surface area contributed by atoms with Gasteiger partial charge in [-0.15, -0.1) is 0 Å². The molecule has 1 heterocycles. The van der Waals surface area contributed by atoms with E-state index < -0.39 is 0 Å². The van der Waals surface area contributed by atoms with Gasteiger partial charge >= 0.3 is 0 Å². The number of ether oxygens (including phenoxy) is 1. The number of likely N-dealkylation sites (N-methyl/N-ethyl adjacent to an activating group) is 1. The molecule has 3 heteroatoms. The van der Waals surface area contributed by atoms with Crippen LogP contribution < -0.4 is 5.32 Å². The summed E-state index contributed by atoms with van der Waals surface area (Å²) in [6, 6.07) is 1.22. The van der Waals surface area contributed by atoms with Crippen molar-refractivity contribution in [3.05, 3.63) is 0 Å². The average Bonchev–Trinajstić information content (AvgIpc) is 2.20. The van der Waals surface area contributed by atoms with Crippen molar-refractivity contribution < 1.29 is 4.74 Å². The zero-order valence-electron chi connectivity index (χ0n) is 9.75. The fourth-order valence-corrected chi connectivity index (χ4v) is 2.14. The van der Waals surface area contributed by atoms with Gasteiger partial charge in [-0.2, -0.15) is 0 Å². The Morgan fingerprint density at radius 2 is 2.29 bits per heavy atom. The van der Waals surface area contributed by atoms with Crippen LogP contribution in [0.2, 0.25) is 0 Å². The van der Waals surface area contributed by atoms with E-state index in [0.717, 1.165) is 19.2 Å². The fraction of sp³-hybridized carbons (Fsp3) is 1.00. The monoisotopic (exact) mass is 200 g/mol. The van der Waals surface area contributed by atoms with E-state index >= 15 is 0 Å². The van der Waals surface area contributed by atoms with Crippen LogP contribution in [0.15, 0.2) is 0 Å². The second-order valence-corrected chi connectivity index (χ2v) is 4.28. The van der Waals surface area contributed by atoms with Crippen molar-refractivity contribution in [3.8, 4) is 0 Å². The average molecular weight is 200 g/mol. The van der Waals surface area contributed by atoms with Crippen LogP contribution in [-0.2, 0) is 4.74 Å². The Morgan fingerprint density at radius 3 is 2.86 bits per heavy atom. The Hall–Kier alpha value is -0.120. The zero-order valence-corrected chi connectivity index (χ0v) is 9.75. The van der Waals surface area contributed by atoms with E-state index in [9.17, 15) is 0 Å². The maximum Gasteiger partial charge on any atom is 0.0628 e. The molecule has 14 heavy (non-hydrogen) atoms. The maximum atomic E-state index is 5.18. The molecule has 1 aliphatic rings. The molecule has 1 saturated heterocycles. The van der Waals surface area contributed by atoms with Crippen LogP contribution in [0.3, 0.4) is 0 Å². The Balaban J connectivity index is 2.31. The van der Waals surface area contributed by atoms with Gasteiger partial charge in [-0.3, -0.25) is 4.90 Å². The molecule has 2 unspecified atom stereocenters. The van der Waals surface area contributed by atoms with Crippen molar-refractivity contribution in [2.24, 2.45) is 0 Å². The normalized spacial score (nSPS) is 26.4. The van der Waals surface area contributed by atoms with E-state index in [1.165, 1.54) is 25.8 Å². The van der Waals surface area contributed by atoms with E-state index in [4.69, 9.17) is 4.74 Å². The van der Waals surface area contributed by atoms with Crippen molar-refractivity contribution in [3.63, 3.8) is 0 Å². The lowest BCUT2D eigenvalue weighted by atomic mass is 10.0. The Labute approximate surface area is 87.8 Å². The summed E-state index contributed by atoms with van der Waals surface area (Å²) in [5, 5.41) is 3.30. The van der Waals surface area contributed by atoms with Gasteiger partial charge in [-0.1, -0.05) is 6.42 Å². The number of piperidine rings is 1. The van der Waals surface area contributed by atoms with Gasteiger partial charge in [-0.05, 0) is 33.4 Å². The molecule has 0 aromatic heterocycles. The molecule has 3 nitrogen and oxygen atoms in total. The van der Waals surface area contributed by atoms with Gasteiger partial charge in [0.2, 0.25) is 0 Å². The highest BCUT2D eigenvalue weighted by molar-refractivity contribution is 4.77. The minimum absolute atomic E-state index is 0.473. The lowest BCUT2D eigenvalue weighted by molar-refractivity contribution is 0.107. The number of rotatable bonds is 5. The summed E-state index contributed by atoms with van der Waals surface area (Å²) in [6.07, 6.45) is 4.10. The van der Waals surface area contributed by atoms with Crippen LogP contribution in [0.4, 0.5) is 0 Å². The van der Waals surface area contributed by atoms with Crippen molar-refractivity contribution in [2.75, 3.05) is 33.9 Å². The van der Waals surface area contributed by atoms with Gasteiger partial charge in [0.15, 0.2) is 0 Å². The molecule has 0 radical (unpaired) electrons. The van der Waals surface area contributed by atoms with E-state index in [2.05, 4.69) is 17.1 Å². The van der Waals surface area contributed by atoms with Gasteiger partial charge in [-0.25, -0.2) is 0 Å². The lowest BCUT2D eigenvalue weighted by Gasteiger charge is -2.35. The molecule has 84 valence electrons. The third-order valence-electron chi connectivity index (χ3n) is 3.17. The summed E-state index contributed by atoms with van der Waals surface area (Å²) >= 11 is 0. The number of nitrogens with one attached hydrogen (secondary N) is 1. The third-order valence-corrected chi connectivity index (χ3v) is 3.17. The van der Waals surface area contributed by atoms with Gasteiger partial charge in [0.1, 0.15) is 0 Å². The standard InChI is InChI=1S/C11H24N2O/c1-10-6-4-5-7-13(10)8-11(12-2)9-14-3/h10-12H,4-9H2,1-3H3. The van der Waals surface area contributed by atoms with Gasteiger partial charge in [0.05, 0.1) is 6.61 Å². The smallest absolute Gasteiger partial charge is 0.0628 e. The number of nitrogens with zero attached hydrogens (tertiary/aromatic N) is 1. The van der Waals surface area contributed by atoms with E-state index in [1.54, 1.807) is 7.11 Å². The first-order chi connectivity index (χ1) is 6.77. The zero-order chi connectivity index (χ0) is 10.4. The Bertz CT molecular complexity index is 152. The Morgan fingerprint density at radius 1 is 1.50 bits per heavy atom. The maximum absolute atomic E-state index is 5.18. The van der Waals surface area contributed by atoms with Crippen LogP contribution >= 0.6 is 0 Å².